The zero-order chi connectivity index (χ0) is 15.8. The van der Waals surface area contributed by atoms with Gasteiger partial charge in [-0.15, -0.1) is 0 Å². The molecule has 0 radical (unpaired) electrons. The zero-order valence-corrected chi connectivity index (χ0v) is 10.3. The molecule has 0 bridgehead atoms. The number of aromatic nitrogens is 1. The van der Waals surface area contributed by atoms with Crippen molar-refractivity contribution in [2.24, 2.45) is 0 Å². The molecule has 0 aliphatic heterocycles. The molecule has 1 N–H and O–H groups in total. The summed E-state index contributed by atoms with van der Waals surface area (Å²) in [5.41, 5.74) is -2.47. The van der Waals surface area contributed by atoms with E-state index in [4.69, 9.17) is 5.11 Å². The van der Waals surface area contributed by atoms with Gasteiger partial charge in [0.05, 0.1) is 17.7 Å². The van der Waals surface area contributed by atoms with Gasteiger partial charge in [0.15, 0.2) is 0 Å². The van der Waals surface area contributed by atoms with E-state index in [-0.39, 0.29) is 5.56 Å². The Hall–Kier alpha value is -2.38. The minimum Gasteiger partial charge on any atom is -0.478 e. The maximum absolute atomic E-state index is 13.4. The monoisotopic (exact) mass is 305 g/mol. The molecule has 0 amide bonds. The summed E-state index contributed by atoms with van der Waals surface area (Å²) in [6, 6.07) is 2.55. The molecule has 3 nitrogen and oxygen atoms in total. The molecule has 0 unspecified atom stereocenters. The van der Waals surface area contributed by atoms with Crippen LogP contribution >= 0.6 is 0 Å². The van der Waals surface area contributed by atoms with Gasteiger partial charge in [0.25, 0.3) is 0 Å². The minimum absolute atomic E-state index is 0.185. The molecule has 21 heavy (non-hydrogen) atoms. The van der Waals surface area contributed by atoms with E-state index < -0.39 is 41.5 Å². The normalized spacial score (nSPS) is 11.7. The van der Waals surface area contributed by atoms with Gasteiger partial charge in [0.1, 0.15) is 11.6 Å². The number of hydrogen-bond donors (Lipinski definition) is 1. The third kappa shape index (κ3) is 3.21. The Balaban J connectivity index is 2.42. The third-order valence-electron chi connectivity index (χ3n) is 2.78. The van der Waals surface area contributed by atoms with Crippen molar-refractivity contribution in [3.05, 3.63) is 58.9 Å². The van der Waals surface area contributed by atoms with Crippen LogP contribution in [0.15, 0.2) is 30.6 Å². The van der Waals surface area contributed by atoms with Gasteiger partial charge >= 0.3 is 12.1 Å². The SMILES string of the molecule is O=C(O)c1cn(Cc2cc(F)ccc2F)cc1C(F)(F)F. The Morgan fingerprint density at radius 1 is 1.19 bits per heavy atom. The van der Waals surface area contributed by atoms with Crippen molar-refractivity contribution in [2.45, 2.75) is 12.7 Å². The van der Waals surface area contributed by atoms with Crippen LogP contribution in [0.1, 0.15) is 21.5 Å². The maximum Gasteiger partial charge on any atom is 0.418 e. The Morgan fingerprint density at radius 2 is 1.86 bits per heavy atom. The molecule has 0 saturated carbocycles. The van der Waals surface area contributed by atoms with Crippen LogP contribution < -0.4 is 0 Å². The van der Waals surface area contributed by atoms with E-state index in [2.05, 4.69) is 0 Å². The molecule has 2 rings (SSSR count). The molecule has 0 aliphatic carbocycles. The fourth-order valence-corrected chi connectivity index (χ4v) is 1.86. The second-order valence-electron chi connectivity index (χ2n) is 4.30. The molecular formula is C13H8F5NO2. The van der Waals surface area contributed by atoms with E-state index in [0.29, 0.717) is 6.20 Å². The van der Waals surface area contributed by atoms with Crippen molar-refractivity contribution in [1.82, 2.24) is 4.57 Å². The summed E-state index contributed by atoms with van der Waals surface area (Å²) < 4.78 is 65.4. The molecule has 0 saturated heterocycles. The second-order valence-corrected chi connectivity index (χ2v) is 4.30. The first-order valence-electron chi connectivity index (χ1n) is 5.62. The van der Waals surface area contributed by atoms with Crippen LogP contribution in [0, 0.1) is 11.6 Å². The molecule has 8 heteroatoms. The largest absolute Gasteiger partial charge is 0.478 e. The highest BCUT2D eigenvalue weighted by molar-refractivity contribution is 5.89. The summed E-state index contributed by atoms with van der Waals surface area (Å²) in [6.07, 6.45) is -3.57. The number of carbonyl (C=O) groups is 1. The van der Waals surface area contributed by atoms with E-state index in [1.165, 1.54) is 0 Å². The van der Waals surface area contributed by atoms with Crippen molar-refractivity contribution in [1.29, 1.82) is 0 Å². The number of carboxylic acids is 1. The summed E-state index contributed by atoms with van der Waals surface area (Å²) in [4.78, 5) is 10.8. The fraction of sp³-hybridized carbons (Fsp3) is 0.154. The van der Waals surface area contributed by atoms with Crippen molar-refractivity contribution in [3.63, 3.8) is 0 Å². The number of aromatic carboxylic acids is 1. The second kappa shape index (κ2) is 5.19. The predicted molar refractivity (Wildman–Crippen MR) is 61.9 cm³/mol. The number of hydrogen-bond acceptors (Lipinski definition) is 1. The van der Waals surface area contributed by atoms with Crippen molar-refractivity contribution >= 4 is 5.97 Å². The highest BCUT2D eigenvalue weighted by Gasteiger charge is 2.37. The Kier molecular flexibility index (Phi) is 3.71. The van der Waals surface area contributed by atoms with Crippen LogP contribution in [0.3, 0.4) is 0 Å². The lowest BCUT2D eigenvalue weighted by atomic mass is 10.2. The molecule has 1 aromatic carbocycles. The van der Waals surface area contributed by atoms with Crippen LogP contribution in [0.4, 0.5) is 22.0 Å². The third-order valence-corrected chi connectivity index (χ3v) is 2.78. The number of nitrogens with zero attached hydrogens (tertiary/aromatic N) is 1. The number of rotatable bonds is 3. The van der Waals surface area contributed by atoms with Gasteiger partial charge in [-0.2, -0.15) is 13.2 Å². The average Bonchev–Trinajstić information content (AvgIpc) is 2.78. The molecule has 0 fully saturated rings. The molecule has 0 aliphatic rings. The van der Waals surface area contributed by atoms with Crippen molar-refractivity contribution in [2.75, 3.05) is 0 Å². The topological polar surface area (TPSA) is 42.2 Å². The highest BCUT2D eigenvalue weighted by Crippen LogP contribution is 2.33. The number of halogens is 5. The molecular weight excluding hydrogens is 297 g/mol. The minimum atomic E-state index is -4.85. The first kappa shape index (κ1) is 15.0. The van der Waals surface area contributed by atoms with E-state index >= 15 is 0 Å². The summed E-state index contributed by atoms with van der Waals surface area (Å²) in [5, 5.41) is 8.76. The first-order chi connectivity index (χ1) is 9.68. The Morgan fingerprint density at radius 3 is 2.38 bits per heavy atom. The summed E-state index contributed by atoms with van der Waals surface area (Å²) >= 11 is 0. The molecule has 112 valence electrons. The standard InChI is InChI=1S/C13H8F5NO2/c14-8-1-2-11(15)7(3-8)4-19-5-9(12(20)21)10(6-19)13(16,17)18/h1-3,5-6H,4H2,(H,20,21). The van der Waals surface area contributed by atoms with Gasteiger partial charge in [-0.3, -0.25) is 0 Å². The molecule has 0 atom stereocenters. The van der Waals surface area contributed by atoms with Crippen LogP contribution in [0.25, 0.3) is 0 Å². The van der Waals surface area contributed by atoms with Gasteiger partial charge in [-0.05, 0) is 18.2 Å². The molecule has 0 spiro atoms. The number of alkyl halides is 3. The van der Waals surface area contributed by atoms with Gasteiger partial charge in [-0.25, -0.2) is 13.6 Å². The lowest BCUT2D eigenvalue weighted by molar-refractivity contribution is -0.138. The fourth-order valence-electron chi connectivity index (χ4n) is 1.86. The van der Waals surface area contributed by atoms with Crippen LogP contribution in [0.2, 0.25) is 0 Å². The zero-order valence-electron chi connectivity index (χ0n) is 10.3. The number of benzene rings is 1. The lowest BCUT2D eigenvalue weighted by Gasteiger charge is -2.06. The quantitative estimate of drug-likeness (QED) is 0.881. The molecule has 1 heterocycles. The average molecular weight is 305 g/mol. The Bertz CT molecular complexity index is 690. The molecule has 2 aromatic rings. The summed E-state index contributed by atoms with van der Waals surface area (Å²) in [6.45, 7) is -0.417. The van der Waals surface area contributed by atoms with Crippen molar-refractivity contribution in [3.8, 4) is 0 Å². The highest BCUT2D eigenvalue weighted by atomic mass is 19.4. The van der Waals surface area contributed by atoms with Gasteiger partial charge in [0.2, 0.25) is 0 Å². The predicted octanol–water partition coefficient (Wildman–Crippen LogP) is 3.53. The van der Waals surface area contributed by atoms with Crippen molar-refractivity contribution < 1.29 is 31.9 Å². The maximum atomic E-state index is 13.4. The number of carboxylic acid groups (broad SMARTS) is 1. The van der Waals surface area contributed by atoms with Gasteiger partial charge in [-0.1, -0.05) is 0 Å². The Labute approximate surface area is 115 Å². The van der Waals surface area contributed by atoms with Crippen LogP contribution in [-0.2, 0) is 12.7 Å². The van der Waals surface area contributed by atoms with Gasteiger partial charge < -0.3 is 9.67 Å². The van der Waals surface area contributed by atoms with Crippen LogP contribution in [0.5, 0.6) is 0 Å². The van der Waals surface area contributed by atoms with E-state index in [9.17, 15) is 26.7 Å². The first-order valence-corrected chi connectivity index (χ1v) is 5.62. The lowest BCUT2D eigenvalue weighted by Crippen LogP contribution is -2.09. The van der Waals surface area contributed by atoms with Crippen LogP contribution in [-0.4, -0.2) is 15.6 Å². The summed E-state index contributed by atoms with van der Waals surface area (Å²) in [7, 11) is 0. The smallest absolute Gasteiger partial charge is 0.418 e. The van der Waals surface area contributed by atoms with E-state index in [0.717, 1.165) is 29.0 Å². The van der Waals surface area contributed by atoms with E-state index in [1.54, 1.807) is 0 Å². The summed E-state index contributed by atoms with van der Waals surface area (Å²) in [5.74, 6) is -3.29. The molecule has 1 aromatic heterocycles. The van der Waals surface area contributed by atoms with Gasteiger partial charge in [0, 0.05) is 18.0 Å². The van der Waals surface area contributed by atoms with E-state index in [1.807, 2.05) is 0 Å².